The lowest BCUT2D eigenvalue weighted by Gasteiger charge is -2.47. The molecule has 3 N–H and O–H groups in total. The molecular formula is C31H37Cl2N3O5. The Morgan fingerprint density at radius 1 is 1.10 bits per heavy atom. The standard InChI is InChI=1S/C31H37Cl2N3O5/c1-19(2)15-26(29(39)35-25(18-37)16-21-11-14-34-28(21)38)36-30(40)41-27(20-7-9-23(32)10-8-20)31(12-4-13-31)22-5-3-6-24(33)17-22/h3,5-10,17-19,21,25-27H,4,11-16H2,1-2H3,(H,34,38)(H,35,39)(H,36,40)/t21-,25-,26-,27?/m0/s1. The van der Waals surface area contributed by atoms with Crippen LogP contribution in [0.5, 0.6) is 0 Å². The summed E-state index contributed by atoms with van der Waals surface area (Å²) in [7, 11) is 0. The number of ether oxygens (including phenoxy) is 1. The van der Waals surface area contributed by atoms with E-state index in [4.69, 9.17) is 27.9 Å². The molecule has 0 spiro atoms. The molecule has 1 heterocycles. The van der Waals surface area contributed by atoms with E-state index in [1.54, 1.807) is 12.1 Å². The van der Waals surface area contributed by atoms with Crippen LogP contribution in [-0.2, 0) is 24.5 Å². The van der Waals surface area contributed by atoms with Crippen LogP contribution >= 0.6 is 23.2 Å². The second-order valence-corrected chi connectivity index (χ2v) is 12.3. The molecule has 3 amide bonds. The van der Waals surface area contributed by atoms with Gasteiger partial charge in [-0.05, 0) is 73.4 Å². The van der Waals surface area contributed by atoms with Crippen LogP contribution in [0.1, 0.15) is 69.6 Å². The minimum absolute atomic E-state index is 0.0674. The zero-order valence-corrected chi connectivity index (χ0v) is 24.8. The molecule has 41 heavy (non-hydrogen) atoms. The van der Waals surface area contributed by atoms with Crippen molar-refractivity contribution >= 4 is 47.4 Å². The first-order valence-corrected chi connectivity index (χ1v) is 14.9. The smallest absolute Gasteiger partial charge is 0.408 e. The molecule has 1 aliphatic heterocycles. The quantitative estimate of drug-likeness (QED) is 0.278. The van der Waals surface area contributed by atoms with Crippen molar-refractivity contribution in [2.45, 2.75) is 76.0 Å². The molecule has 4 atom stereocenters. The van der Waals surface area contributed by atoms with Crippen LogP contribution in [0.15, 0.2) is 48.5 Å². The van der Waals surface area contributed by atoms with Gasteiger partial charge in [-0.15, -0.1) is 0 Å². The normalized spacial score (nSPS) is 19.8. The third-order valence-electron chi connectivity index (χ3n) is 8.05. The number of rotatable bonds is 12. The Balaban J connectivity index is 1.53. The Morgan fingerprint density at radius 2 is 1.83 bits per heavy atom. The second-order valence-electron chi connectivity index (χ2n) is 11.4. The van der Waals surface area contributed by atoms with E-state index in [-0.39, 0.29) is 24.2 Å². The van der Waals surface area contributed by atoms with Gasteiger partial charge in [0.25, 0.3) is 0 Å². The van der Waals surface area contributed by atoms with Gasteiger partial charge in [-0.1, -0.05) is 67.7 Å². The number of nitrogens with one attached hydrogen (secondary N) is 3. The van der Waals surface area contributed by atoms with Gasteiger partial charge in [0.2, 0.25) is 11.8 Å². The van der Waals surface area contributed by atoms with Crippen LogP contribution in [0.4, 0.5) is 4.79 Å². The minimum atomic E-state index is -0.934. The zero-order valence-electron chi connectivity index (χ0n) is 23.3. The fourth-order valence-electron chi connectivity index (χ4n) is 5.79. The molecule has 0 bridgehead atoms. The van der Waals surface area contributed by atoms with E-state index in [2.05, 4.69) is 16.0 Å². The topological polar surface area (TPSA) is 114 Å². The Morgan fingerprint density at radius 3 is 2.39 bits per heavy atom. The molecule has 10 heteroatoms. The summed E-state index contributed by atoms with van der Waals surface area (Å²) in [6.07, 6.45) is 2.94. The lowest BCUT2D eigenvalue weighted by atomic mass is 9.60. The molecule has 220 valence electrons. The predicted octanol–water partition coefficient (Wildman–Crippen LogP) is 5.51. The highest BCUT2D eigenvalue weighted by Gasteiger charge is 2.49. The Labute approximate surface area is 250 Å². The highest BCUT2D eigenvalue weighted by atomic mass is 35.5. The number of benzene rings is 2. The Hall–Kier alpha value is -3.10. The monoisotopic (exact) mass is 601 g/mol. The maximum Gasteiger partial charge on any atom is 0.408 e. The average molecular weight is 603 g/mol. The zero-order chi connectivity index (χ0) is 29.6. The molecule has 0 aromatic heterocycles. The van der Waals surface area contributed by atoms with Gasteiger partial charge in [-0.2, -0.15) is 0 Å². The van der Waals surface area contributed by atoms with Crippen LogP contribution in [0.3, 0.4) is 0 Å². The first-order chi connectivity index (χ1) is 19.6. The molecule has 1 aliphatic carbocycles. The molecule has 2 aromatic rings. The van der Waals surface area contributed by atoms with E-state index in [9.17, 15) is 19.2 Å². The lowest BCUT2D eigenvalue weighted by molar-refractivity contribution is -0.127. The summed E-state index contributed by atoms with van der Waals surface area (Å²) in [5.74, 6) is -0.887. The van der Waals surface area contributed by atoms with Gasteiger partial charge in [0.1, 0.15) is 18.4 Å². The molecule has 1 unspecified atom stereocenters. The Kier molecular flexibility index (Phi) is 10.3. The van der Waals surface area contributed by atoms with Gasteiger partial charge in [-0.25, -0.2) is 4.79 Å². The van der Waals surface area contributed by atoms with Crippen LogP contribution in [0.25, 0.3) is 0 Å². The largest absolute Gasteiger partial charge is 0.440 e. The van der Waals surface area contributed by atoms with Crippen molar-refractivity contribution in [3.05, 3.63) is 69.7 Å². The first kappa shape index (κ1) is 30.8. The molecule has 8 nitrogen and oxygen atoms in total. The van der Waals surface area contributed by atoms with Gasteiger partial charge in [0, 0.05) is 27.9 Å². The van der Waals surface area contributed by atoms with Crippen LogP contribution in [-0.4, -0.2) is 42.8 Å². The van der Waals surface area contributed by atoms with Gasteiger partial charge < -0.3 is 25.5 Å². The van der Waals surface area contributed by atoms with Gasteiger partial charge in [0.05, 0.1) is 6.04 Å². The number of hydrogen-bond donors (Lipinski definition) is 3. The summed E-state index contributed by atoms with van der Waals surface area (Å²) in [6.45, 7) is 4.43. The van der Waals surface area contributed by atoms with Gasteiger partial charge in [0.15, 0.2) is 0 Å². The third kappa shape index (κ3) is 7.60. The number of alkyl carbamates (subject to hydrolysis) is 1. The van der Waals surface area contributed by atoms with E-state index < -0.39 is 35.6 Å². The first-order valence-electron chi connectivity index (χ1n) is 14.1. The van der Waals surface area contributed by atoms with Gasteiger partial charge in [-0.3, -0.25) is 9.59 Å². The van der Waals surface area contributed by atoms with Crippen molar-refractivity contribution in [1.29, 1.82) is 0 Å². The maximum absolute atomic E-state index is 13.5. The Bertz CT molecular complexity index is 1250. The molecule has 4 rings (SSSR count). The molecule has 2 fully saturated rings. The van der Waals surface area contributed by atoms with Crippen molar-refractivity contribution in [1.82, 2.24) is 16.0 Å². The summed E-state index contributed by atoms with van der Waals surface area (Å²) in [6, 6.07) is 13.0. The van der Waals surface area contributed by atoms with Crippen molar-refractivity contribution in [2.75, 3.05) is 6.54 Å². The van der Waals surface area contributed by atoms with E-state index in [1.807, 2.05) is 50.2 Å². The minimum Gasteiger partial charge on any atom is -0.440 e. The summed E-state index contributed by atoms with van der Waals surface area (Å²) in [5, 5.41) is 9.38. The van der Waals surface area contributed by atoms with E-state index in [0.717, 1.165) is 30.4 Å². The average Bonchev–Trinajstić information content (AvgIpc) is 3.31. The summed E-state index contributed by atoms with van der Waals surface area (Å²) in [5.41, 5.74) is 1.27. The van der Waals surface area contributed by atoms with E-state index in [0.29, 0.717) is 35.7 Å². The van der Waals surface area contributed by atoms with Crippen LogP contribution in [0, 0.1) is 11.8 Å². The van der Waals surface area contributed by atoms with E-state index >= 15 is 0 Å². The molecule has 1 saturated carbocycles. The molecular weight excluding hydrogens is 565 g/mol. The van der Waals surface area contributed by atoms with Crippen LogP contribution < -0.4 is 16.0 Å². The number of aldehydes is 1. The van der Waals surface area contributed by atoms with Crippen molar-refractivity contribution in [3.63, 3.8) is 0 Å². The maximum atomic E-state index is 13.5. The SMILES string of the molecule is CC(C)C[C@H](NC(=O)OC(c1ccc(Cl)cc1)C1(c2cccc(Cl)c2)CCC1)C(=O)N[C@H](C=O)C[C@@H]1CCNC1=O. The summed E-state index contributed by atoms with van der Waals surface area (Å²) >= 11 is 12.5. The van der Waals surface area contributed by atoms with Gasteiger partial charge >= 0.3 is 6.09 Å². The molecule has 0 radical (unpaired) electrons. The fraction of sp³-hybridized carbons (Fsp3) is 0.484. The van der Waals surface area contributed by atoms with Crippen molar-refractivity contribution in [2.24, 2.45) is 11.8 Å². The molecule has 2 aromatic carbocycles. The molecule has 1 saturated heterocycles. The summed E-state index contributed by atoms with van der Waals surface area (Å²) in [4.78, 5) is 50.5. The summed E-state index contributed by atoms with van der Waals surface area (Å²) < 4.78 is 6.15. The second kappa shape index (κ2) is 13.7. The highest BCUT2D eigenvalue weighted by Crippen LogP contribution is 2.54. The number of halogens is 2. The van der Waals surface area contributed by atoms with Crippen molar-refractivity contribution in [3.8, 4) is 0 Å². The van der Waals surface area contributed by atoms with Crippen molar-refractivity contribution < 1.29 is 23.9 Å². The number of carbonyl (C=O) groups excluding carboxylic acids is 4. The highest BCUT2D eigenvalue weighted by molar-refractivity contribution is 6.30. The number of carbonyl (C=O) groups is 4. The number of amides is 3. The third-order valence-corrected chi connectivity index (χ3v) is 8.54. The predicted molar refractivity (Wildman–Crippen MR) is 158 cm³/mol. The fourth-order valence-corrected chi connectivity index (χ4v) is 6.11. The lowest BCUT2D eigenvalue weighted by Crippen LogP contribution is -2.52. The molecule has 2 aliphatic rings. The van der Waals surface area contributed by atoms with E-state index in [1.165, 1.54) is 0 Å². The van der Waals surface area contributed by atoms with Crippen LogP contribution in [0.2, 0.25) is 10.0 Å². The number of hydrogen-bond acceptors (Lipinski definition) is 5.